The molecule has 3 N–H and O–H groups in total. The summed E-state index contributed by atoms with van der Waals surface area (Å²) >= 11 is 9.08. The average Bonchev–Trinajstić information content (AvgIpc) is 2.57. The molecule has 0 aliphatic carbocycles. The maximum Gasteiger partial charge on any atom is 0.246 e. The first-order valence-electron chi connectivity index (χ1n) is 5.08. The Morgan fingerprint density at radius 1 is 1.56 bits per heavy atom. The Morgan fingerprint density at radius 2 is 2.33 bits per heavy atom. The summed E-state index contributed by atoms with van der Waals surface area (Å²) in [7, 11) is 0. The molecule has 18 heavy (non-hydrogen) atoms. The van der Waals surface area contributed by atoms with Crippen molar-refractivity contribution in [2.75, 3.05) is 11.1 Å². The minimum Gasteiger partial charge on any atom is -0.381 e. The normalized spacial score (nSPS) is 10.3. The number of nitrogens with zero attached hydrogens (tertiary/aromatic N) is 2. The first kappa shape index (κ1) is 12.9. The fourth-order valence-electron chi connectivity index (χ4n) is 1.41. The third-order valence-corrected chi connectivity index (χ3v) is 2.94. The third-order valence-electron chi connectivity index (χ3n) is 2.16. The summed E-state index contributed by atoms with van der Waals surface area (Å²) in [6.45, 7) is 0.0590. The van der Waals surface area contributed by atoms with E-state index >= 15 is 0 Å². The molecule has 7 heteroatoms. The van der Waals surface area contributed by atoms with E-state index in [9.17, 15) is 4.79 Å². The molecule has 0 radical (unpaired) electrons. The van der Waals surface area contributed by atoms with Crippen LogP contribution < -0.4 is 11.1 Å². The molecule has 1 heterocycles. The van der Waals surface area contributed by atoms with Crippen molar-refractivity contribution in [1.82, 2.24) is 9.78 Å². The van der Waals surface area contributed by atoms with Gasteiger partial charge in [0.2, 0.25) is 5.91 Å². The van der Waals surface area contributed by atoms with E-state index < -0.39 is 0 Å². The van der Waals surface area contributed by atoms with Crippen LogP contribution in [-0.2, 0) is 11.3 Å². The van der Waals surface area contributed by atoms with Gasteiger partial charge in [0.05, 0.1) is 0 Å². The van der Waals surface area contributed by atoms with E-state index in [2.05, 4.69) is 26.3 Å². The van der Waals surface area contributed by atoms with Crippen LogP contribution >= 0.6 is 27.5 Å². The molecule has 0 saturated carbocycles. The topological polar surface area (TPSA) is 72.9 Å². The van der Waals surface area contributed by atoms with Crippen molar-refractivity contribution in [3.05, 3.63) is 40.0 Å². The zero-order chi connectivity index (χ0) is 13.1. The van der Waals surface area contributed by atoms with Gasteiger partial charge in [-0.3, -0.25) is 9.48 Å². The number of carbonyl (C=O) groups is 1. The Hall–Kier alpha value is -1.53. The minimum atomic E-state index is -0.202. The molecule has 0 atom stereocenters. The van der Waals surface area contributed by atoms with Gasteiger partial charge in [0, 0.05) is 16.4 Å². The number of rotatable bonds is 3. The highest BCUT2D eigenvalue weighted by Gasteiger charge is 2.07. The Bertz CT molecular complexity index is 565. The van der Waals surface area contributed by atoms with Crippen LogP contribution in [0.15, 0.2) is 34.9 Å². The fourth-order valence-corrected chi connectivity index (χ4v) is 1.96. The summed E-state index contributed by atoms with van der Waals surface area (Å²) in [5.74, 6) is 0.0131. The summed E-state index contributed by atoms with van der Waals surface area (Å²) < 4.78 is 2.29. The molecule has 0 fully saturated rings. The second kappa shape index (κ2) is 5.41. The molecule has 5 nitrogen and oxygen atoms in total. The summed E-state index contributed by atoms with van der Waals surface area (Å²) in [4.78, 5) is 11.7. The molecule has 1 amide bonds. The van der Waals surface area contributed by atoms with Crippen LogP contribution in [0.2, 0.25) is 5.02 Å². The zero-order valence-corrected chi connectivity index (χ0v) is 11.6. The average molecular weight is 330 g/mol. The lowest BCUT2D eigenvalue weighted by molar-refractivity contribution is -0.116. The maximum absolute atomic E-state index is 11.7. The first-order chi connectivity index (χ1) is 8.54. The largest absolute Gasteiger partial charge is 0.381 e. The maximum atomic E-state index is 11.7. The summed E-state index contributed by atoms with van der Waals surface area (Å²) in [6, 6.07) is 7.32. The van der Waals surface area contributed by atoms with E-state index in [0.29, 0.717) is 10.7 Å². The predicted octanol–water partition coefficient (Wildman–Crippen LogP) is 2.52. The van der Waals surface area contributed by atoms with Crippen molar-refractivity contribution in [1.29, 1.82) is 0 Å². The number of benzene rings is 1. The summed E-state index contributed by atoms with van der Waals surface area (Å²) in [6.07, 6.45) is 1.51. The number of halogens is 2. The van der Waals surface area contributed by atoms with Gasteiger partial charge in [0.25, 0.3) is 0 Å². The van der Waals surface area contributed by atoms with E-state index in [-0.39, 0.29) is 18.3 Å². The number of aromatic nitrogens is 2. The molecule has 94 valence electrons. The molecule has 1 aromatic carbocycles. The van der Waals surface area contributed by atoms with Crippen molar-refractivity contribution in [2.45, 2.75) is 6.54 Å². The Kier molecular flexibility index (Phi) is 3.88. The number of hydrogen-bond donors (Lipinski definition) is 2. The van der Waals surface area contributed by atoms with E-state index in [1.165, 1.54) is 10.9 Å². The van der Waals surface area contributed by atoms with E-state index in [0.717, 1.165) is 4.47 Å². The van der Waals surface area contributed by atoms with E-state index in [1.54, 1.807) is 6.07 Å². The second-order valence-electron chi connectivity index (χ2n) is 3.62. The van der Waals surface area contributed by atoms with E-state index in [4.69, 9.17) is 17.3 Å². The highest BCUT2D eigenvalue weighted by Crippen LogP contribution is 2.17. The van der Waals surface area contributed by atoms with Crippen LogP contribution in [0.25, 0.3) is 0 Å². The Labute approximate surface area is 117 Å². The fraction of sp³-hybridized carbons (Fsp3) is 0.0909. The number of amides is 1. The first-order valence-corrected chi connectivity index (χ1v) is 6.25. The number of nitrogen functional groups attached to an aromatic ring is 1. The van der Waals surface area contributed by atoms with Crippen LogP contribution in [0.4, 0.5) is 11.5 Å². The van der Waals surface area contributed by atoms with Crippen molar-refractivity contribution in [3.8, 4) is 0 Å². The van der Waals surface area contributed by atoms with Gasteiger partial charge in [0.15, 0.2) is 5.82 Å². The minimum absolute atomic E-state index is 0.0590. The highest BCUT2D eigenvalue weighted by molar-refractivity contribution is 9.10. The van der Waals surface area contributed by atoms with Gasteiger partial charge in [-0.15, -0.1) is 0 Å². The Morgan fingerprint density at radius 3 is 2.94 bits per heavy atom. The third kappa shape index (κ3) is 3.24. The summed E-state index contributed by atoms with van der Waals surface area (Å²) in [5.41, 5.74) is 6.20. The quantitative estimate of drug-likeness (QED) is 0.909. The van der Waals surface area contributed by atoms with Crippen molar-refractivity contribution < 1.29 is 4.79 Å². The standard InChI is InChI=1S/C11H10BrClN4O/c12-7-2-1-3-8(4-7)15-10(18)6-17-5-9(13)11(14)16-17/h1-5H,6H2,(H2,14,16)(H,15,18). The number of nitrogens with one attached hydrogen (secondary N) is 1. The smallest absolute Gasteiger partial charge is 0.246 e. The van der Waals surface area contributed by atoms with Crippen molar-refractivity contribution >= 4 is 44.9 Å². The number of nitrogens with two attached hydrogens (primary N) is 1. The molecule has 1 aromatic heterocycles. The van der Waals surface area contributed by atoms with Gasteiger partial charge in [0.1, 0.15) is 11.6 Å². The van der Waals surface area contributed by atoms with Gasteiger partial charge in [-0.2, -0.15) is 5.10 Å². The highest BCUT2D eigenvalue weighted by atomic mass is 79.9. The number of hydrogen-bond acceptors (Lipinski definition) is 3. The van der Waals surface area contributed by atoms with Crippen LogP contribution in [0.1, 0.15) is 0 Å². The molecule has 0 unspecified atom stereocenters. The molecular weight excluding hydrogens is 320 g/mol. The lowest BCUT2D eigenvalue weighted by atomic mass is 10.3. The van der Waals surface area contributed by atoms with Crippen LogP contribution in [0.5, 0.6) is 0 Å². The van der Waals surface area contributed by atoms with Gasteiger partial charge >= 0.3 is 0 Å². The monoisotopic (exact) mass is 328 g/mol. The Balaban J connectivity index is 2.01. The predicted molar refractivity (Wildman–Crippen MR) is 74.4 cm³/mol. The lowest BCUT2D eigenvalue weighted by Crippen LogP contribution is -2.19. The molecule has 0 saturated heterocycles. The molecule has 0 aliphatic heterocycles. The van der Waals surface area contributed by atoms with Gasteiger partial charge < -0.3 is 11.1 Å². The van der Waals surface area contributed by atoms with Crippen LogP contribution in [0, 0.1) is 0 Å². The number of anilines is 2. The van der Waals surface area contributed by atoms with Gasteiger partial charge in [-0.05, 0) is 18.2 Å². The summed E-state index contributed by atoms with van der Waals surface area (Å²) in [5, 5.41) is 6.99. The van der Waals surface area contributed by atoms with Gasteiger partial charge in [-0.1, -0.05) is 33.6 Å². The molecule has 0 spiro atoms. The van der Waals surface area contributed by atoms with Gasteiger partial charge in [-0.25, -0.2) is 0 Å². The molecule has 0 bridgehead atoms. The number of carbonyl (C=O) groups excluding carboxylic acids is 1. The SMILES string of the molecule is Nc1nn(CC(=O)Nc2cccc(Br)c2)cc1Cl. The zero-order valence-electron chi connectivity index (χ0n) is 9.23. The van der Waals surface area contributed by atoms with Crippen molar-refractivity contribution in [2.24, 2.45) is 0 Å². The molecule has 2 rings (SSSR count). The van der Waals surface area contributed by atoms with Crippen molar-refractivity contribution in [3.63, 3.8) is 0 Å². The lowest BCUT2D eigenvalue weighted by Gasteiger charge is -2.05. The molecular formula is C11H10BrClN4O. The van der Waals surface area contributed by atoms with Crippen LogP contribution in [-0.4, -0.2) is 15.7 Å². The second-order valence-corrected chi connectivity index (χ2v) is 4.94. The van der Waals surface area contributed by atoms with E-state index in [1.807, 2.05) is 18.2 Å². The molecule has 2 aromatic rings. The molecule has 0 aliphatic rings. The van der Waals surface area contributed by atoms with Crippen LogP contribution in [0.3, 0.4) is 0 Å².